The van der Waals surface area contributed by atoms with Crippen LogP contribution >= 0.6 is 0 Å². The maximum atomic E-state index is 2.58. The molecule has 15 heavy (non-hydrogen) atoms. The van der Waals surface area contributed by atoms with Crippen molar-refractivity contribution in [3.63, 3.8) is 0 Å². The third-order valence-electron chi connectivity index (χ3n) is 6.14. The highest BCUT2D eigenvalue weighted by Crippen LogP contribution is 2.68. The number of allylic oxidation sites excluding steroid dienone is 2. The van der Waals surface area contributed by atoms with Crippen molar-refractivity contribution in [1.29, 1.82) is 0 Å². The van der Waals surface area contributed by atoms with Crippen LogP contribution in [0.15, 0.2) is 12.2 Å². The third-order valence-corrected chi connectivity index (χ3v) is 6.14. The van der Waals surface area contributed by atoms with E-state index in [0.29, 0.717) is 5.54 Å². The van der Waals surface area contributed by atoms with E-state index in [2.05, 4.69) is 31.1 Å². The lowest BCUT2D eigenvalue weighted by Crippen LogP contribution is -2.49. The van der Waals surface area contributed by atoms with Gasteiger partial charge in [0.05, 0.1) is 0 Å². The van der Waals surface area contributed by atoms with Gasteiger partial charge in [-0.15, -0.1) is 0 Å². The van der Waals surface area contributed by atoms with Crippen molar-refractivity contribution in [2.75, 3.05) is 14.1 Å². The Morgan fingerprint density at radius 3 is 2.80 bits per heavy atom. The fourth-order valence-electron chi connectivity index (χ4n) is 5.69. The third kappa shape index (κ3) is 0.824. The summed E-state index contributed by atoms with van der Waals surface area (Å²) in [6.45, 7) is 0. The molecule has 0 saturated heterocycles. The molecule has 0 N–H and O–H groups in total. The average molecular weight is 203 g/mol. The molecule has 1 nitrogen and oxygen atoms in total. The zero-order valence-corrected chi connectivity index (χ0v) is 9.82. The van der Waals surface area contributed by atoms with Crippen LogP contribution < -0.4 is 0 Å². The van der Waals surface area contributed by atoms with Crippen molar-refractivity contribution in [3.8, 4) is 0 Å². The zero-order chi connectivity index (χ0) is 10.2. The van der Waals surface area contributed by atoms with Gasteiger partial charge in [-0.25, -0.2) is 0 Å². The predicted molar refractivity (Wildman–Crippen MR) is 61.5 cm³/mol. The summed E-state index contributed by atoms with van der Waals surface area (Å²) in [6.07, 6.45) is 11.1. The molecule has 1 heteroatoms. The fraction of sp³-hybridized carbons (Fsp3) is 0.857. The summed E-state index contributed by atoms with van der Waals surface area (Å²) < 4.78 is 0. The van der Waals surface area contributed by atoms with Gasteiger partial charge in [-0.05, 0) is 69.4 Å². The molecule has 0 radical (unpaired) electrons. The Morgan fingerprint density at radius 2 is 2.00 bits per heavy atom. The Morgan fingerprint density at radius 1 is 1.20 bits per heavy atom. The van der Waals surface area contributed by atoms with Crippen LogP contribution in [-0.2, 0) is 0 Å². The molecule has 4 bridgehead atoms. The Kier molecular flexibility index (Phi) is 1.47. The molecule has 0 aromatic carbocycles. The number of rotatable bonds is 1. The fourth-order valence-corrected chi connectivity index (χ4v) is 5.69. The first kappa shape index (κ1) is 8.81. The molecular formula is C14H21N. The molecule has 4 aliphatic rings. The average Bonchev–Trinajstić information content (AvgIpc) is 2.96. The second kappa shape index (κ2) is 2.51. The van der Waals surface area contributed by atoms with E-state index >= 15 is 0 Å². The van der Waals surface area contributed by atoms with Crippen molar-refractivity contribution in [2.45, 2.75) is 31.2 Å². The van der Waals surface area contributed by atoms with E-state index in [0.717, 1.165) is 29.6 Å². The Hall–Kier alpha value is -0.300. The van der Waals surface area contributed by atoms with Crippen molar-refractivity contribution in [1.82, 2.24) is 4.90 Å². The molecule has 0 spiro atoms. The molecule has 0 aliphatic heterocycles. The highest BCUT2D eigenvalue weighted by molar-refractivity contribution is 5.25. The van der Waals surface area contributed by atoms with Crippen LogP contribution in [0.4, 0.5) is 0 Å². The Bertz CT molecular complexity index is 332. The summed E-state index contributed by atoms with van der Waals surface area (Å²) in [6, 6.07) is 0. The number of fused-ring (bicyclic) bond motifs is 9. The topological polar surface area (TPSA) is 3.24 Å². The normalized spacial score (nSPS) is 59.5. The monoisotopic (exact) mass is 203 g/mol. The maximum absolute atomic E-state index is 2.58. The van der Waals surface area contributed by atoms with E-state index in [1.54, 1.807) is 0 Å². The highest BCUT2D eigenvalue weighted by atomic mass is 15.2. The van der Waals surface area contributed by atoms with E-state index in [1.165, 1.54) is 25.7 Å². The van der Waals surface area contributed by atoms with Gasteiger partial charge in [-0.2, -0.15) is 0 Å². The van der Waals surface area contributed by atoms with Gasteiger partial charge >= 0.3 is 0 Å². The van der Waals surface area contributed by atoms with E-state index in [1.807, 2.05) is 0 Å². The number of nitrogens with zero attached hydrogens (tertiary/aromatic N) is 1. The van der Waals surface area contributed by atoms with Gasteiger partial charge in [0.15, 0.2) is 0 Å². The molecule has 3 saturated carbocycles. The molecule has 0 amide bonds. The van der Waals surface area contributed by atoms with Gasteiger partial charge < -0.3 is 4.90 Å². The molecule has 4 rings (SSSR count). The van der Waals surface area contributed by atoms with Crippen LogP contribution in [0.5, 0.6) is 0 Å². The number of hydrogen-bond acceptors (Lipinski definition) is 1. The second-order valence-corrected chi connectivity index (χ2v) is 6.55. The van der Waals surface area contributed by atoms with Crippen molar-refractivity contribution in [2.24, 2.45) is 29.6 Å². The van der Waals surface area contributed by atoms with Gasteiger partial charge in [-0.1, -0.05) is 12.2 Å². The summed E-state index contributed by atoms with van der Waals surface area (Å²) in [5.41, 5.74) is 0.597. The van der Waals surface area contributed by atoms with Crippen molar-refractivity contribution >= 4 is 0 Å². The lowest BCUT2D eigenvalue weighted by atomic mass is 9.70. The summed E-state index contributed by atoms with van der Waals surface area (Å²) in [7, 11) is 4.64. The molecule has 0 aromatic rings. The van der Waals surface area contributed by atoms with E-state index in [-0.39, 0.29) is 0 Å². The molecule has 3 fully saturated rings. The maximum Gasteiger partial charge on any atom is 0.0243 e. The molecule has 6 atom stereocenters. The van der Waals surface area contributed by atoms with E-state index in [4.69, 9.17) is 0 Å². The summed E-state index contributed by atoms with van der Waals surface area (Å²) in [5, 5.41) is 0. The van der Waals surface area contributed by atoms with Gasteiger partial charge in [0.2, 0.25) is 0 Å². The minimum atomic E-state index is 0.597. The SMILES string of the molecule is CN(C)C12CCC(C1)C1C3C=CC(C3)C12. The first-order valence-corrected chi connectivity index (χ1v) is 6.58. The molecule has 6 unspecified atom stereocenters. The van der Waals surface area contributed by atoms with Crippen LogP contribution in [0, 0.1) is 29.6 Å². The standard InChI is InChI=1S/C14H21N/c1-15(2)14-6-5-11(8-14)12-9-3-4-10(7-9)13(12)14/h3-4,9-13H,5-8H2,1-2H3. The van der Waals surface area contributed by atoms with Gasteiger partial charge in [0, 0.05) is 5.54 Å². The molecule has 0 heterocycles. The molecular weight excluding hydrogens is 182 g/mol. The summed E-state index contributed by atoms with van der Waals surface area (Å²) in [5.74, 6) is 5.05. The van der Waals surface area contributed by atoms with Crippen molar-refractivity contribution < 1.29 is 0 Å². The smallest absolute Gasteiger partial charge is 0.0243 e. The zero-order valence-electron chi connectivity index (χ0n) is 9.82. The largest absolute Gasteiger partial charge is 0.303 e. The minimum Gasteiger partial charge on any atom is -0.303 e. The van der Waals surface area contributed by atoms with E-state index in [9.17, 15) is 0 Å². The minimum absolute atomic E-state index is 0.597. The lowest BCUT2D eigenvalue weighted by Gasteiger charge is -2.44. The number of hydrogen-bond donors (Lipinski definition) is 0. The summed E-state index contributed by atoms with van der Waals surface area (Å²) in [4.78, 5) is 2.58. The molecule has 82 valence electrons. The van der Waals surface area contributed by atoms with Crippen LogP contribution in [-0.4, -0.2) is 24.5 Å². The van der Waals surface area contributed by atoms with Crippen molar-refractivity contribution in [3.05, 3.63) is 12.2 Å². The second-order valence-electron chi connectivity index (χ2n) is 6.55. The van der Waals surface area contributed by atoms with Crippen LogP contribution in [0.25, 0.3) is 0 Å². The van der Waals surface area contributed by atoms with Gasteiger partial charge in [0.1, 0.15) is 0 Å². The van der Waals surface area contributed by atoms with Crippen LogP contribution in [0.2, 0.25) is 0 Å². The highest BCUT2D eigenvalue weighted by Gasteiger charge is 2.65. The first-order valence-electron chi connectivity index (χ1n) is 6.58. The van der Waals surface area contributed by atoms with E-state index < -0.39 is 0 Å². The van der Waals surface area contributed by atoms with Gasteiger partial charge in [0.25, 0.3) is 0 Å². The lowest BCUT2D eigenvalue weighted by molar-refractivity contribution is 0.0615. The Balaban J connectivity index is 1.81. The van der Waals surface area contributed by atoms with Crippen LogP contribution in [0.1, 0.15) is 25.7 Å². The molecule has 0 aromatic heterocycles. The predicted octanol–water partition coefficient (Wildman–Crippen LogP) is 2.54. The van der Waals surface area contributed by atoms with Gasteiger partial charge in [-0.3, -0.25) is 0 Å². The molecule has 4 aliphatic carbocycles. The quantitative estimate of drug-likeness (QED) is 0.467. The van der Waals surface area contributed by atoms with Crippen LogP contribution in [0.3, 0.4) is 0 Å². The summed E-state index contributed by atoms with van der Waals surface area (Å²) >= 11 is 0. The Labute approximate surface area is 92.5 Å². The first-order chi connectivity index (χ1) is 7.22.